The van der Waals surface area contributed by atoms with Gasteiger partial charge in [-0.05, 0) is 80.5 Å². The van der Waals surface area contributed by atoms with Crippen molar-refractivity contribution in [3.63, 3.8) is 0 Å². The van der Waals surface area contributed by atoms with Gasteiger partial charge in [-0.2, -0.15) is 0 Å². The molecule has 4 aliphatic carbocycles. The van der Waals surface area contributed by atoms with Gasteiger partial charge in [0, 0.05) is 19.3 Å². The summed E-state index contributed by atoms with van der Waals surface area (Å²) in [6, 6.07) is 0. The second kappa shape index (κ2) is 7.79. The fourth-order valence-electron chi connectivity index (χ4n) is 8.54. The second-order valence-corrected chi connectivity index (χ2v) is 11.2. The van der Waals surface area contributed by atoms with Gasteiger partial charge in [0.15, 0.2) is 6.10 Å². The van der Waals surface area contributed by atoms with Gasteiger partial charge in [-0.1, -0.05) is 26.7 Å². The summed E-state index contributed by atoms with van der Waals surface area (Å²) in [6.07, 6.45) is 11.0. The van der Waals surface area contributed by atoms with E-state index in [-0.39, 0.29) is 12.0 Å². The number of rotatable bonds is 4. The lowest BCUT2D eigenvalue weighted by molar-refractivity contribution is -0.211. The molecule has 0 amide bonds. The van der Waals surface area contributed by atoms with Crippen LogP contribution in [0.25, 0.3) is 0 Å². The minimum atomic E-state index is -1.14. The summed E-state index contributed by atoms with van der Waals surface area (Å²) in [6.45, 7) is 7.41. The third-order valence-electron chi connectivity index (χ3n) is 10.1. The Hall–Kier alpha value is -1.10. The first-order valence-corrected chi connectivity index (χ1v) is 12.1. The van der Waals surface area contributed by atoms with Crippen molar-refractivity contribution in [3.05, 3.63) is 0 Å². The van der Waals surface area contributed by atoms with Crippen molar-refractivity contribution in [1.29, 1.82) is 0 Å². The maximum atomic E-state index is 12.0. The summed E-state index contributed by atoms with van der Waals surface area (Å²) >= 11 is 0. The zero-order valence-electron chi connectivity index (χ0n) is 19.2. The maximum Gasteiger partial charge on any atom is 0.303 e. The highest BCUT2D eigenvalue weighted by Crippen LogP contribution is 2.68. The Balaban J connectivity index is 1.60. The van der Waals surface area contributed by atoms with Gasteiger partial charge >= 0.3 is 11.9 Å². The van der Waals surface area contributed by atoms with Gasteiger partial charge in [0.1, 0.15) is 12.2 Å². The number of hydrogen-bond donors (Lipinski definition) is 1. The first-order valence-electron chi connectivity index (χ1n) is 12.1. The van der Waals surface area contributed by atoms with E-state index >= 15 is 0 Å². The van der Waals surface area contributed by atoms with E-state index in [1.165, 1.54) is 52.4 Å². The average Bonchev–Trinajstić information content (AvgIpc) is 2.96. The van der Waals surface area contributed by atoms with Crippen molar-refractivity contribution in [2.24, 2.45) is 34.5 Å². The van der Waals surface area contributed by atoms with E-state index in [9.17, 15) is 14.7 Å². The monoisotopic (exact) mass is 420 g/mol. The molecule has 0 unspecified atom stereocenters. The highest BCUT2D eigenvalue weighted by molar-refractivity contribution is 5.67. The molecular formula is C25H40O5. The largest absolute Gasteiger partial charge is 0.462 e. The van der Waals surface area contributed by atoms with Crippen molar-refractivity contribution in [2.75, 3.05) is 6.61 Å². The summed E-state index contributed by atoms with van der Waals surface area (Å²) in [5.41, 5.74) is -1.00. The standard InChI is InChI=1S/C25H40O5/c1-16(26)29-15-22(30-17(2)27)25(28)14-11-21-19-9-8-18-7-5-6-12-23(18,3)20(19)10-13-24(21,25)4/h18-22,28H,5-15H2,1-4H3/t18-,19-,20-,21-,22+,23+,24+,25+/m1/s1. The molecule has 1 N–H and O–H groups in total. The van der Waals surface area contributed by atoms with Crippen LogP contribution in [-0.4, -0.2) is 35.4 Å². The Morgan fingerprint density at radius 3 is 2.37 bits per heavy atom. The third-order valence-corrected chi connectivity index (χ3v) is 10.1. The molecule has 0 heterocycles. The van der Waals surface area contributed by atoms with Crippen molar-refractivity contribution in [2.45, 2.75) is 104 Å². The lowest BCUT2D eigenvalue weighted by Crippen LogP contribution is -2.61. The maximum absolute atomic E-state index is 12.0. The summed E-state index contributed by atoms with van der Waals surface area (Å²) < 4.78 is 10.8. The molecule has 0 radical (unpaired) electrons. The Labute approximate surface area is 181 Å². The number of aliphatic hydroxyl groups is 1. The average molecular weight is 421 g/mol. The van der Waals surface area contributed by atoms with Crippen LogP contribution in [0.3, 0.4) is 0 Å². The van der Waals surface area contributed by atoms with Crippen LogP contribution in [0.1, 0.15) is 91.9 Å². The zero-order valence-corrected chi connectivity index (χ0v) is 19.2. The predicted molar refractivity (Wildman–Crippen MR) is 113 cm³/mol. The number of carbonyl (C=O) groups excluding carboxylic acids is 2. The van der Waals surface area contributed by atoms with Gasteiger partial charge in [0.25, 0.3) is 0 Å². The molecule has 5 heteroatoms. The summed E-state index contributed by atoms with van der Waals surface area (Å²) in [7, 11) is 0. The molecule has 0 saturated heterocycles. The van der Waals surface area contributed by atoms with Gasteiger partial charge in [-0.3, -0.25) is 9.59 Å². The molecule has 0 spiro atoms. The third kappa shape index (κ3) is 3.30. The molecule has 170 valence electrons. The van der Waals surface area contributed by atoms with Crippen LogP contribution in [0.4, 0.5) is 0 Å². The van der Waals surface area contributed by atoms with Crippen LogP contribution in [0.5, 0.6) is 0 Å². The van der Waals surface area contributed by atoms with Crippen LogP contribution in [0.15, 0.2) is 0 Å². The Bertz CT molecular complexity index is 691. The molecule has 0 aromatic rings. The van der Waals surface area contributed by atoms with E-state index in [1.807, 2.05) is 0 Å². The Kier molecular flexibility index (Phi) is 5.74. The van der Waals surface area contributed by atoms with Gasteiger partial charge in [-0.25, -0.2) is 0 Å². The molecule has 4 aliphatic rings. The molecule has 4 saturated carbocycles. The van der Waals surface area contributed by atoms with E-state index in [2.05, 4.69) is 13.8 Å². The summed E-state index contributed by atoms with van der Waals surface area (Å²) in [4.78, 5) is 23.2. The molecule has 0 aliphatic heterocycles. The van der Waals surface area contributed by atoms with Crippen LogP contribution >= 0.6 is 0 Å². The highest BCUT2D eigenvalue weighted by atomic mass is 16.6. The first kappa shape index (κ1) is 22.1. The van der Waals surface area contributed by atoms with E-state index < -0.39 is 23.6 Å². The molecule has 4 rings (SSSR count). The zero-order chi connectivity index (χ0) is 21.7. The van der Waals surface area contributed by atoms with E-state index in [0.29, 0.717) is 23.7 Å². The van der Waals surface area contributed by atoms with Gasteiger partial charge in [-0.15, -0.1) is 0 Å². The number of carbonyl (C=O) groups is 2. The molecule has 0 aromatic carbocycles. The normalized spacial score (nSPS) is 46.2. The molecule has 0 aromatic heterocycles. The fraction of sp³-hybridized carbons (Fsp3) is 0.920. The van der Waals surface area contributed by atoms with Crippen molar-refractivity contribution >= 4 is 11.9 Å². The molecule has 0 bridgehead atoms. The van der Waals surface area contributed by atoms with Crippen LogP contribution < -0.4 is 0 Å². The van der Waals surface area contributed by atoms with Gasteiger partial charge < -0.3 is 14.6 Å². The molecule has 30 heavy (non-hydrogen) atoms. The van der Waals surface area contributed by atoms with E-state index in [4.69, 9.17) is 9.47 Å². The smallest absolute Gasteiger partial charge is 0.303 e. The van der Waals surface area contributed by atoms with Crippen LogP contribution in [-0.2, 0) is 19.1 Å². The fourth-order valence-corrected chi connectivity index (χ4v) is 8.54. The lowest BCUT2D eigenvalue weighted by atomic mass is 9.44. The van der Waals surface area contributed by atoms with Gasteiger partial charge in [0.05, 0.1) is 0 Å². The topological polar surface area (TPSA) is 72.8 Å². The lowest BCUT2D eigenvalue weighted by Gasteiger charge is -2.61. The molecule has 8 atom stereocenters. The Morgan fingerprint density at radius 2 is 1.67 bits per heavy atom. The predicted octanol–water partition coefficient (Wildman–Crippen LogP) is 4.65. The summed E-state index contributed by atoms with van der Waals surface area (Å²) in [5, 5.41) is 12.0. The highest BCUT2D eigenvalue weighted by Gasteiger charge is 2.67. The van der Waals surface area contributed by atoms with E-state index in [1.54, 1.807) is 0 Å². The van der Waals surface area contributed by atoms with Crippen molar-refractivity contribution < 1.29 is 24.2 Å². The summed E-state index contributed by atoms with van der Waals surface area (Å²) in [5.74, 6) is 1.85. The number of hydrogen-bond acceptors (Lipinski definition) is 5. The van der Waals surface area contributed by atoms with E-state index in [0.717, 1.165) is 31.1 Å². The SMILES string of the molecule is CC(=O)OC[C@H](OC(C)=O)[C@@]1(O)CC[C@@H]2[C@@H]3CC[C@H]4CCCC[C@]4(C)[C@@H]3CC[C@@]21C. The first-order chi connectivity index (χ1) is 14.1. The van der Waals surface area contributed by atoms with Gasteiger partial charge in [0.2, 0.25) is 0 Å². The van der Waals surface area contributed by atoms with Crippen molar-refractivity contribution in [1.82, 2.24) is 0 Å². The van der Waals surface area contributed by atoms with Crippen LogP contribution in [0, 0.1) is 34.5 Å². The van der Waals surface area contributed by atoms with Crippen LogP contribution in [0.2, 0.25) is 0 Å². The molecular weight excluding hydrogens is 380 g/mol. The quantitative estimate of drug-likeness (QED) is 0.671. The molecule has 5 nitrogen and oxygen atoms in total. The number of esters is 2. The molecule has 4 fully saturated rings. The number of fused-ring (bicyclic) bond motifs is 5. The van der Waals surface area contributed by atoms with Crippen molar-refractivity contribution in [3.8, 4) is 0 Å². The minimum absolute atomic E-state index is 0.0678. The Morgan fingerprint density at radius 1 is 0.933 bits per heavy atom. The number of ether oxygens (including phenoxy) is 2. The minimum Gasteiger partial charge on any atom is -0.462 e. The second-order valence-electron chi connectivity index (χ2n) is 11.2.